The number of alkyl halides is 2. The highest BCUT2D eigenvalue weighted by Gasteiger charge is 2.14. The summed E-state index contributed by atoms with van der Waals surface area (Å²) >= 11 is 6.30. The Bertz CT molecular complexity index is 331. The van der Waals surface area contributed by atoms with Crippen LogP contribution in [0.3, 0.4) is 0 Å². The molecule has 0 N–H and O–H groups in total. The predicted molar refractivity (Wildman–Crippen MR) is 55.0 cm³/mol. The van der Waals surface area contributed by atoms with Gasteiger partial charge in [0.2, 0.25) is 0 Å². The van der Waals surface area contributed by atoms with Gasteiger partial charge in [-0.15, -0.1) is 0 Å². The summed E-state index contributed by atoms with van der Waals surface area (Å²) in [4.78, 5) is 0. The largest absolute Gasteiger partial charge is 0.493 e. The number of hydrogen-bond acceptors (Lipinski definition) is 2. The van der Waals surface area contributed by atoms with E-state index in [1.165, 1.54) is 7.11 Å². The van der Waals surface area contributed by atoms with Gasteiger partial charge in [0.1, 0.15) is 0 Å². The first kappa shape index (κ1) is 11.7. The van der Waals surface area contributed by atoms with Gasteiger partial charge >= 0.3 is 6.61 Å². The molecule has 0 spiro atoms. The number of benzene rings is 1. The molecule has 0 aliphatic rings. The van der Waals surface area contributed by atoms with E-state index in [9.17, 15) is 8.78 Å². The van der Waals surface area contributed by atoms with Crippen LogP contribution in [-0.4, -0.2) is 13.7 Å². The quantitative estimate of drug-likeness (QED) is 0.838. The van der Waals surface area contributed by atoms with Gasteiger partial charge in [-0.1, -0.05) is 15.9 Å². The second kappa shape index (κ2) is 4.93. The van der Waals surface area contributed by atoms with Crippen molar-refractivity contribution in [3.8, 4) is 11.5 Å². The molecule has 0 unspecified atom stereocenters. The molecule has 0 heterocycles. The van der Waals surface area contributed by atoms with Crippen LogP contribution < -0.4 is 9.47 Å². The summed E-state index contributed by atoms with van der Waals surface area (Å²) in [6.07, 6.45) is 0. The predicted octanol–water partition coefficient (Wildman–Crippen LogP) is 3.82. The zero-order valence-electron chi connectivity index (χ0n) is 7.06. The van der Waals surface area contributed by atoms with E-state index in [4.69, 9.17) is 4.74 Å². The van der Waals surface area contributed by atoms with E-state index in [0.717, 1.165) is 0 Å². The second-order valence-corrected chi connectivity index (χ2v) is 4.07. The molecular weight excluding hydrogens is 326 g/mol. The third-order valence-corrected chi connectivity index (χ3v) is 2.45. The van der Waals surface area contributed by atoms with Crippen molar-refractivity contribution in [3.05, 3.63) is 21.1 Å². The summed E-state index contributed by atoms with van der Waals surface area (Å²) in [6.45, 7) is -2.87. The van der Waals surface area contributed by atoms with Crippen LogP contribution in [0.15, 0.2) is 21.1 Å². The first-order valence-corrected chi connectivity index (χ1v) is 5.11. The number of ether oxygens (including phenoxy) is 2. The maximum Gasteiger partial charge on any atom is 0.387 e. The Morgan fingerprint density at radius 1 is 1.29 bits per heavy atom. The smallest absolute Gasteiger partial charge is 0.387 e. The molecule has 0 amide bonds. The molecule has 0 bridgehead atoms. The fraction of sp³-hybridized carbons (Fsp3) is 0.250. The van der Waals surface area contributed by atoms with Gasteiger partial charge in [0, 0.05) is 4.47 Å². The molecule has 14 heavy (non-hydrogen) atoms. The van der Waals surface area contributed by atoms with Gasteiger partial charge in [-0.05, 0) is 28.1 Å². The lowest BCUT2D eigenvalue weighted by molar-refractivity contribution is -0.0517. The molecule has 0 fully saturated rings. The SMILES string of the molecule is COc1cc(Br)cc(Br)c1OC(F)F. The zero-order chi connectivity index (χ0) is 10.7. The summed E-state index contributed by atoms with van der Waals surface area (Å²) in [5.74, 6) is 0.234. The van der Waals surface area contributed by atoms with E-state index in [1.807, 2.05) is 0 Å². The highest BCUT2D eigenvalue weighted by atomic mass is 79.9. The van der Waals surface area contributed by atoms with Gasteiger partial charge in [-0.3, -0.25) is 0 Å². The monoisotopic (exact) mass is 330 g/mol. The van der Waals surface area contributed by atoms with Crippen LogP contribution in [0.2, 0.25) is 0 Å². The van der Waals surface area contributed by atoms with Crippen molar-refractivity contribution in [2.24, 2.45) is 0 Å². The maximum atomic E-state index is 12.0. The molecule has 6 heteroatoms. The van der Waals surface area contributed by atoms with E-state index in [1.54, 1.807) is 12.1 Å². The van der Waals surface area contributed by atoms with Gasteiger partial charge in [0.05, 0.1) is 11.6 Å². The topological polar surface area (TPSA) is 18.5 Å². The highest BCUT2D eigenvalue weighted by Crippen LogP contribution is 2.38. The second-order valence-electron chi connectivity index (χ2n) is 2.30. The average Bonchev–Trinajstić information content (AvgIpc) is 2.08. The van der Waals surface area contributed by atoms with Crippen LogP contribution >= 0.6 is 31.9 Å². The third kappa shape index (κ3) is 2.81. The van der Waals surface area contributed by atoms with E-state index in [-0.39, 0.29) is 11.5 Å². The number of methoxy groups -OCH3 is 1. The van der Waals surface area contributed by atoms with Crippen molar-refractivity contribution in [3.63, 3.8) is 0 Å². The molecule has 0 aromatic heterocycles. The summed E-state index contributed by atoms with van der Waals surface area (Å²) in [6, 6.07) is 3.14. The van der Waals surface area contributed by atoms with E-state index in [0.29, 0.717) is 8.95 Å². The van der Waals surface area contributed by atoms with Gasteiger partial charge < -0.3 is 9.47 Å². The fourth-order valence-corrected chi connectivity index (χ4v) is 2.17. The molecule has 0 saturated carbocycles. The average molecular weight is 332 g/mol. The Kier molecular flexibility index (Phi) is 4.12. The van der Waals surface area contributed by atoms with Crippen molar-refractivity contribution in [2.75, 3.05) is 7.11 Å². The van der Waals surface area contributed by atoms with Gasteiger partial charge in [0.25, 0.3) is 0 Å². The minimum atomic E-state index is -2.87. The van der Waals surface area contributed by atoms with E-state index in [2.05, 4.69) is 36.6 Å². The van der Waals surface area contributed by atoms with Crippen molar-refractivity contribution in [2.45, 2.75) is 6.61 Å². The molecule has 1 aromatic rings. The number of hydrogen-bond donors (Lipinski definition) is 0. The molecule has 0 atom stereocenters. The van der Waals surface area contributed by atoms with Crippen molar-refractivity contribution in [1.82, 2.24) is 0 Å². The van der Waals surface area contributed by atoms with Crippen molar-refractivity contribution >= 4 is 31.9 Å². The Morgan fingerprint density at radius 2 is 1.93 bits per heavy atom. The minimum absolute atomic E-state index is 0.00861. The van der Waals surface area contributed by atoms with Gasteiger partial charge in [-0.2, -0.15) is 8.78 Å². The molecule has 0 saturated heterocycles. The first-order chi connectivity index (χ1) is 6.54. The van der Waals surface area contributed by atoms with Crippen LogP contribution in [0.5, 0.6) is 11.5 Å². The first-order valence-electron chi connectivity index (χ1n) is 3.52. The Hall–Kier alpha value is -0.360. The van der Waals surface area contributed by atoms with E-state index < -0.39 is 6.61 Å². The molecule has 78 valence electrons. The Balaban J connectivity index is 3.11. The lowest BCUT2D eigenvalue weighted by Gasteiger charge is -2.11. The third-order valence-electron chi connectivity index (χ3n) is 1.40. The zero-order valence-corrected chi connectivity index (χ0v) is 10.2. The molecule has 0 aliphatic heterocycles. The molecule has 1 aromatic carbocycles. The summed E-state index contributed by atoms with van der Waals surface area (Å²) in [5.41, 5.74) is 0. The summed E-state index contributed by atoms with van der Waals surface area (Å²) in [7, 11) is 1.38. The van der Waals surface area contributed by atoms with Gasteiger partial charge in [0.15, 0.2) is 11.5 Å². The normalized spacial score (nSPS) is 10.4. The lowest BCUT2D eigenvalue weighted by atomic mass is 10.3. The number of rotatable bonds is 3. The molecule has 0 radical (unpaired) electrons. The fourth-order valence-electron chi connectivity index (χ4n) is 0.892. The molecular formula is C8H6Br2F2O2. The minimum Gasteiger partial charge on any atom is -0.493 e. The molecule has 0 aliphatic carbocycles. The van der Waals surface area contributed by atoms with Crippen LogP contribution in [-0.2, 0) is 0 Å². The van der Waals surface area contributed by atoms with E-state index >= 15 is 0 Å². The number of halogens is 4. The standard InChI is InChI=1S/C8H6Br2F2O2/c1-13-6-3-4(9)2-5(10)7(6)14-8(11)12/h2-3,8H,1H3. The van der Waals surface area contributed by atoms with Crippen LogP contribution in [0.4, 0.5) is 8.78 Å². The van der Waals surface area contributed by atoms with Crippen LogP contribution in [0.25, 0.3) is 0 Å². The summed E-state index contributed by atoms with van der Waals surface area (Å²) in [5, 5.41) is 0. The summed E-state index contributed by atoms with van der Waals surface area (Å²) < 4.78 is 34.3. The Labute approximate surface area is 96.5 Å². The van der Waals surface area contributed by atoms with Crippen molar-refractivity contribution in [1.29, 1.82) is 0 Å². The highest BCUT2D eigenvalue weighted by molar-refractivity contribution is 9.11. The molecule has 2 nitrogen and oxygen atoms in total. The Morgan fingerprint density at radius 3 is 2.43 bits per heavy atom. The van der Waals surface area contributed by atoms with Crippen molar-refractivity contribution < 1.29 is 18.3 Å². The van der Waals surface area contributed by atoms with Crippen LogP contribution in [0, 0.1) is 0 Å². The maximum absolute atomic E-state index is 12.0. The lowest BCUT2D eigenvalue weighted by Crippen LogP contribution is -2.04. The molecule has 1 rings (SSSR count). The van der Waals surface area contributed by atoms with Crippen LogP contribution in [0.1, 0.15) is 0 Å². The van der Waals surface area contributed by atoms with Gasteiger partial charge in [-0.25, -0.2) is 0 Å².